The van der Waals surface area contributed by atoms with Crippen molar-refractivity contribution in [2.24, 2.45) is 5.41 Å². The highest BCUT2D eigenvalue weighted by Crippen LogP contribution is 2.36. The number of aliphatic carboxylic acids is 1. The van der Waals surface area contributed by atoms with Crippen LogP contribution in [0.15, 0.2) is 24.3 Å². The summed E-state index contributed by atoms with van der Waals surface area (Å²) < 4.78 is 5.56. The predicted octanol–water partition coefficient (Wildman–Crippen LogP) is 1.95. The number of carbonyl (C=O) groups excluding carboxylic acids is 2. The zero-order chi connectivity index (χ0) is 18.7. The molecule has 0 saturated heterocycles. The highest BCUT2D eigenvalue weighted by Gasteiger charge is 2.40. The van der Waals surface area contributed by atoms with Gasteiger partial charge in [-0.3, -0.25) is 19.3 Å². The van der Waals surface area contributed by atoms with E-state index in [-0.39, 0.29) is 24.9 Å². The van der Waals surface area contributed by atoms with E-state index in [2.05, 4.69) is 5.32 Å². The van der Waals surface area contributed by atoms with Gasteiger partial charge >= 0.3 is 5.97 Å². The molecule has 7 heteroatoms. The fraction of sp³-hybridized carbons (Fsp3) is 0.526. The number of nitrogens with zero attached hydrogens (tertiary/aromatic N) is 1. The molecule has 0 spiro atoms. The number of rotatable bonds is 5. The zero-order valence-electron chi connectivity index (χ0n) is 14.9. The quantitative estimate of drug-likeness (QED) is 0.837. The molecular formula is C19H24N2O5. The van der Waals surface area contributed by atoms with Crippen molar-refractivity contribution in [2.45, 2.75) is 45.1 Å². The first kappa shape index (κ1) is 18.2. The maximum atomic E-state index is 12.4. The topological polar surface area (TPSA) is 95.9 Å². The van der Waals surface area contributed by atoms with Crippen LogP contribution in [-0.2, 0) is 14.4 Å². The van der Waals surface area contributed by atoms with E-state index in [1.165, 1.54) is 4.90 Å². The number of hydrogen-bond acceptors (Lipinski definition) is 4. The van der Waals surface area contributed by atoms with Crippen molar-refractivity contribution in [3.8, 4) is 5.75 Å². The summed E-state index contributed by atoms with van der Waals surface area (Å²) in [4.78, 5) is 38.0. The van der Waals surface area contributed by atoms with Crippen LogP contribution in [0.25, 0.3) is 0 Å². The van der Waals surface area contributed by atoms with Gasteiger partial charge in [0.1, 0.15) is 12.3 Å². The summed E-state index contributed by atoms with van der Waals surface area (Å²) >= 11 is 0. The van der Waals surface area contributed by atoms with Gasteiger partial charge in [-0.15, -0.1) is 0 Å². The summed E-state index contributed by atoms with van der Waals surface area (Å²) in [7, 11) is 0. The van der Waals surface area contributed by atoms with Crippen molar-refractivity contribution in [3.05, 3.63) is 24.3 Å². The molecule has 1 atom stereocenters. The van der Waals surface area contributed by atoms with E-state index in [4.69, 9.17) is 4.74 Å². The fourth-order valence-corrected chi connectivity index (χ4v) is 3.68. The molecule has 1 aliphatic heterocycles. The minimum Gasteiger partial charge on any atom is -0.481 e. The molecule has 2 aliphatic rings. The lowest BCUT2D eigenvalue weighted by Crippen LogP contribution is -2.51. The number of ether oxygens (including phenoxy) is 1. The van der Waals surface area contributed by atoms with Crippen molar-refractivity contribution in [2.75, 3.05) is 18.0 Å². The van der Waals surface area contributed by atoms with Crippen LogP contribution in [0.5, 0.6) is 5.75 Å². The van der Waals surface area contributed by atoms with E-state index in [9.17, 15) is 19.5 Å². The van der Waals surface area contributed by atoms with Gasteiger partial charge in [-0.05, 0) is 31.9 Å². The van der Waals surface area contributed by atoms with E-state index in [0.717, 1.165) is 19.3 Å². The number of carboxylic acid groups (broad SMARTS) is 1. The molecule has 0 radical (unpaired) electrons. The normalized spacial score (nSPS) is 21.5. The monoisotopic (exact) mass is 360 g/mol. The van der Waals surface area contributed by atoms with Crippen molar-refractivity contribution in [1.82, 2.24) is 5.32 Å². The van der Waals surface area contributed by atoms with Gasteiger partial charge in [0.25, 0.3) is 5.91 Å². The summed E-state index contributed by atoms with van der Waals surface area (Å²) in [6.45, 7) is 1.58. The first-order valence-electron chi connectivity index (χ1n) is 9.00. The van der Waals surface area contributed by atoms with Crippen LogP contribution in [0.1, 0.15) is 39.0 Å². The minimum absolute atomic E-state index is 0.0941. The van der Waals surface area contributed by atoms with Crippen LogP contribution >= 0.6 is 0 Å². The number of fused-ring (bicyclic) bond motifs is 1. The summed E-state index contributed by atoms with van der Waals surface area (Å²) in [6, 6.07) is 7.06. The van der Waals surface area contributed by atoms with Crippen LogP contribution in [0, 0.1) is 5.41 Å². The van der Waals surface area contributed by atoms with Crippen LogP contribution in [0.4, 0.5) is 5.69 Å². The Hall–Kier alpha value is -2.57. The molecule has 1 fully saturated rings. The van der Waals surface area contributed by atoms with Crippen molar-refractivity contribution >= 4 is 23.5 Å². The molecule has 1 heterocycles. The minimum atomic E-state index is -0.895. The number of amides is 2. The summed E-state index contributed by atoms with van der Waals surface area (Å²) in [5.41, 5.74) is -0.343. The highest BCUT2D eigenvalue weighted by molar-refractivity contribution is 6.03. The van der Waals surface area contributed by atoms with E-state index in [1.807, 2.05) is 0 Å². The average Bonchev–Trinajstić information content (AvgIpc) is 2.64. The number of anilines is 1. The third-order valence-corrected chi connectivity index (χ3v) is 5.26. The number of para-hydroxylation sites is 2. The van der Waals surface area contributed by atoms with Gasteiger partial charge in [-0.1, -0.05) is 31.4 Å². The molecule has 2 N–H and O–H groups in total. The van der Waals surface area contributed by atoms with Gasteiger partial charge in [0.2, 0.25) is 5.91 Å². The van der Waals surface area contributed by atoms with E-state index in [1.54, 1.807) is 31.2 Å². The molecule has 26 heavy (non-hydrogen) atoms. The van der Waals surface area contributed by atoms with Crippen molar-refractivity contribution in [1.29, 1.82) is 0 Å². The highest BCUT2D eigenvalue weighted by atomic mass is 16.5. The van der Waals surface area contributed by atoms with Gasteiger partial charge < -0.3 is 15.2 Å². The number of nitrogens with one attached hydrogen (secondary N) is 1. The Balaban J connectivity index is 1.68. The number of carboxylic acids is 1. The molecule has 7 nitrogen and oxygen atoms in total. The lowest BCUT2D eigenvalue weighted by Gasteiger charge is -2.34. The largest absolute Gasteiger partial charge is 0.481 e. The summed E-state index contributed by atoms with van der Waals surface area (Å²) in [6.07, 6.45) is 3.21. The number of hydrogen-bond donors (Lipinski definition) is 2. The third kappa shape index (κ3) is 3.52. The molecule has 1 aliphatic carbocycles. The Labute approximate surface area is 152 Å². The Morgan fingerprint density at radius 1 is 1.27 bits per heavy atom. The lowest BCUT2D eigenvalue weighted by atomic mass is 9.74. The first-order chi connectivity index (χ1) is 12.4. The smallest absolute Gasteiger partial charge is 0.311 e. The van der Waals surface area contributed by atoms with E-state index >= 15 is 0 Å². The van der Waals surface area contributed by atoms with Crippen LogP contribution in [0.3, 0.4) is 0 Å². The third-order valence-electron chi connectivity index (χ3n) is 5.26. The molecule has 1 saturated carbocycles. The molecular weight excluding hydrogens is 336 g/mol. The van der Waals surface area contributed by atoms with Gasteiger partial charge in [0, 0.05) is 6.54 Å². The van der Waals surface area contributed by atoms with Crippen LogP contribution in [0.2, 0.25) is 0 Å². The molecule has 0 aromatic heterocycles. The molecule has 3 rings (SSSR count). The molecule has 1 unspecified atom stereocenters. The number of carbonyl (C=O) groups is 3. The maximum Gasteiger partial charge on any atom is 0.311 e. The summed E-state index contributed by atoms with van der Waals surface area (Å²) in [5.74, 6) is -0.960. The Morgan fingerprint density at radius 2 is 1.96 bits per heavy atom. The Kier molecular flexibility index (Phi) is 5.15. The van der Waals surface area contributed by atoms with Crippen LogP contribution in [-0.4, -0.2) is 42.1 Å². The molecule has 1 aromatic carbocycles. The first-order valence-corrected chi connectivity index (χ1v) is 9.00. The predicted molar refractivity (Wildman–Crippen MR) is 95.0 cm³/mol. The Morgan fingerprint density at radius 3 is 2.65 bits per heavy atom. The molecule has 140 valence electrons. The summed E-state index contributed by atoms with van der Waals surface area (Å²) in [5, 5.41) is 12.3. The van der Waals surface area contributed by atoms with Crippen molar-refractivity contribution < 1.29 is 24.2 Å². The lowest BCUT2D eigenvalue weighted by molar-refractivity contribution is -0.151. The second-order valence-electron chi connectivity index (χ2n) is 7.08. The maximum absolute atomic E-state index is 12.4. The standard InChI is InChI=1S/C19H24N2O5/c1-13-17(23)21(14-7-3-4-8-15(14)26-13)11-16(22)20-12-19(18(24)25)9-5-2-6-10-19/h3-4,7-8,13H,2,5-6,9-12H2,1H3,(H,20,22)(H,24,25). The molecule has 0 bridgehead atoms. The second-order valence-corrected chi connectivity index (χ2v) is 7.08. The SMILES string of the molecule is CC1Oc2ccccc2N(CC(=O)NCC2(C(=O)O)CCCCC2)C1=O. The molecule has 2 amide bonds. The number of benzene rings is 1. The van der Waals surface area contributed by atoms with Gasteiger partial charge in [0.15, 0.2) is 6.10 Å². The second kappa shape index (κ2) is 7.35. The zero-order valence-corrected chi connectivity index (χ0v) is 14.9. The fourth-order valence-electron chi connectivity index (χ4n) is 3.68. The van der Waals surface area contributed by atoms with Gasteiger partial charge in [-0.25, -0.2) is 0 Å². The van der Waals surface area contributed by atoms with E-state index < -0.39 is 17.5 Å². The van der Waals surface area contributed by atoms with Crippen LogP contribution < -0.4 is 15.0 Å². The van der Waals surface area contributed by atoms with Gasteiger partial charge in [0.05, 0.1) is 11.1 Å². The van der Waals surface area contributed by atoms with Crippen molar-refractivity contribution in [3.63, 3.8) is 0 Å². The van der Waals surface area contributed by atoms with E-state index in [0.29, 0.717) is 24.3 Å². The average molecular weight is 360 g/mol. The Bertz CT molecular complexity index is 712. The van der Waals surface area contributed by atoms with Gasteiger partial charge in [-0.2, -0.15) is 0 Å². The molecule has 1 aromatic rings.